The minimum atomic E-state index is -0.119. The highest BCUT2D eigenvalue weighted by Crippen LogP contribution is 2.60. The summed E-state index contributed by atoms with van der Waals surface area (Å²) in [6.45, 7) is 0. The monoisotopic (exact) mass is 360 g/mol. The van der Waals surface area contributed by atoms with Gasteiger partial charge in [-0.1, -0.05) is 28.1 Å². The molecule has 0 spiro atoms. The van der Waals surface area contributed by atoms with E-state index in [4.69, 9.17) is 0 Å². The quantitative estimate of drug-likeness (QED) is 0.639. The maximum atomic E-state index is 12.7. The summed E-state index contributed by atoms with van der Waals surface area (Å²) in [5.41, 5.74) is 3.70. The molecule has 0 radical (unpaired) electrons. The third kappa shape index (κ3) is 2.62. The lowest BCUT2D eigenvalue weighted by atomic mass is 9.49. The van der Waals surface area contributed by atoms with E-state index >= 15 is 0 Å². The van der Waals surface area contributed by atoms with Crippen molar-refractivity contribution in [3.63, 3.8) is 0 Å². The Morgan fingerprint density at radius 3 is 2.18 bits per heavy atom. The first-order valence-corrected chi connectivity index (χ1v) is 9.01. The lowest BCUT2D eigenvalue weighted by molar-refractivity contribution is -0.146. The molecule has 0 aliphatic heterocycles. The number of carbonyl (C=O) groups excluding carboxylic acids is 1. The molecule has 1 aromatic carbocycles. The first kappa shape index (κ1) is 14.4. The fraction of sp³-hybridized carbons (Fsp3) is 0.556. The summed E-state index contributed by atoms with van der Waals surface area (Å²) in [4.78, 5) is 12.7. The summed E-state index contributed by atoms with van der Waals surface area (Å²) in [6, 6.07) is 7.90. The van der Waals surface area contributed by atoms with Gasteiger partial charge in [0.2, 0.25) is 5.91 Å². The Morgan fingerprint density at radius 1 is 1.09 bits per heavy atom. The van der Waals surface area contributed by atoms with Crippen LogP contribution in [0.25, 0.3) is 0 Å². The Balaban J connectivity index is 1.43. The molecular formula is C18H21BrN2O. The normalized spacial score (nSPS) is 36.0. The average molecular weight is 361 g/mol. The average Bonchev–Trinajstić information content (AvgIpc) is 2.48. The zero-order valence-corrected chi connectivity index (χ0v) is 14.2. The Bertz CT molecular complexity index is 573. The van der Waals surface area contributed by atoms with Gasteiger partial charge in [0.1, 0.15) is 0 Å². The predicted octanol–water partition coefficient (Wildman–Crippen LogP) is 4.12. The van der Waals surface area contributed by atoms with Gasteiger partial charge in [-0.15, -0.1) is 0 Å². The van der Waals surface area contributed by atoms with Crippen molar-refractivity contribution in [1.82, 2.24) is 5.43 Å². The minimum absolute atomic E-state index is 0.119. The zero-order valence-electron chi connectivity index (χ0n) is 12.6. The van der Waals surface area contributed by atoms with E-state index in [1.165, 1.54) is 19.3 Å². The number of rotatable bonds is 3. The number of hydrazone groups is 1. The molecule has 4 saturated carbocycles. The van der Waals surface area contributed by atoms with Crippen molar-refractivity contribution in [2.24, 2.45) is 28.3 Å². The Morgan fingerprint density at radius 2 is 1.64 bits per heavy atom. The van der Waals surface area contributed by atoms with Crippen LogP contribution in [0, 0.1) is 23.2 Å². The fourth-order valence-electron chi connectivity index (χ4n) is 5.22. The van der Waals surface area contributed by atoms with Gasteiger partial charge < -0.3 is 0 Å². The molecule has 3 nitrogen and oxygen atoms in total. The van der Waals surface area contributed by atoms with Gasteiger partial charge in [0.05, 0.1) is 11.6 Å². The maximum Gasteiger partial charge on any atom is 0.246 e. The molecule has 0 unspecified atom stereocenters. The van der Waals surface area contributed by atoms with Crippen molar-refractivity contribution in [2.75, 3.05) is 0 Å². The molecule has 116 valence electrons. The highest BCUT2D eigenvalue weighted by atomic mass is 79.9. The van der Waals surface area contributed by atoms with E-state index in [2.05, 4.69) is 26.5 Å². The number of hydrogen-bond acceptors (Lipinski definition) is 2. The number of amides is 1. The molecule has 4 aliphatic carbocycles. The van der Waals surface area contributed by atoms with Crippen LogP contribution >= 0.6 is 15.9 Å². The third-order valence-electron chi connectivity index (χ3n) is 5.77. The molecule has 22 heavy (non-hydrogen) atoms. The molecule has 1 amide bonds. The SMILES string of the molecule is O=C(N/N=C\c1ccc(Br)cc1)C12CC3CC(CC(C3)C1)C2. The number of halogens is 1. The fourth-order valence-corrected chi connectivity index (χ4v) is 5.49. The van der Waals surface area contributed by atoms with E-state index in [-0.39, 0.29) is 11.3 Å². The minimum Gasteiger partial charge on any atom is -0.273 e. The van der Waals surface area contributed by atoms with Gasteiger partial charge in [0, 0.05) is 4.47 Å². The summed E-state index contributed by atoms with van der Waals surface area (Å²) in [6.07, 6.45) is 9.04. The first-order chi connectivity index (χ1) is 10.6. The molecule has 0 heterocycles. The van der Waals surface area contributed by atoms with Crippen molar-refractivity contribution < 1.29 is 4.79 Å². The van der Waals surface area contributed by atoms with Crippen LogP contribution < -0.4 is 5.43 Å². The molecule has 4 fully saturated rings. The van der Waals surface area contributed by atoms with Crippen LogP contribution in [0.3, 0.4) is 0 Å². The highest BCUT2D eigenvalue weighted by molar-refractivity contribution is 9.10. The second-order valence-corrected chi connectivity index (χ2v) is 8.36. The van der Waals surface area contributed by atoms with Gasteiger partial charge in [-0.25, -0.2) is 5.43 Å². The van der Waals surface area contributed by atoms with Crippen molar-refractivity contribution in [3.8, 4) is 0 Å². The second-order valence-electron chi connectivity index (χ2n) is 7.45. The maximum absolute atomic E-state index is 12.7. The van der Waals surface area contributed by atoms with E-state index in [1.54, 1.807) is 6.21 Å². The van der Waals surface area contributed by atoms with Crippen LogP contribution in [0.5, 0.6) is 0 Å². The molecule has 4 bridgehead atoms. The molecule has 5 rings (SSSR count). The van der Waals surface area contributed by atoms with E-state index in [1.807, 2.05) is 24.3 Å². The smallest absolute Gasteiger partial charge is 0.246 e. The number of carbonyl (C=O) groups is 1. The van der Waals surface area contributed by atoms with Gasteiger partial charge >= 0.3 is 0 Å². The van der Waals surface area contributed by atoms with Crippen LogP contribution in [0.2, 0.25) is 0 Å². The Kier molecular flexibility index (Phi) is 3.60. The van der Waals surface area contributed by atoms with Crippen LogP contribution in [0.15, 0.2) is 33.8 Å². The van der Waals surface area contributed by atoms with E-state index < -0.39 is 0 Å². The van der Waals surface area contributed by atoms with Crippen LogP contribution in [0.4, 0.5) is 0 Å². The second kappa shape index (κ2) is 5.48. The summed E-state index contributed by atoms with van der Waals surface area (Å²) in [5.74, 6) is 2.51. The molecule has 0 aromatic heterocycles. The Labute approximate surface area is 139 Å². The van der Waals surface area contributed by atoms with Gasteiger partial charge in [0.15, 0.2) is 0 Å². The van der Waals surface area contributed by atoms with Gasteiger partial charge in [-0.2, -0.15) is 5.10 Å². The summed E-state index contributed by atoms with van der Waals surface area (Å²) in [5, 5.41) is 4.19. The topological polar surface area (TPSA) is 41.5 Å². The van der Waals surface area contributed by atoms with Crippen molar-refractivity contribution in [1.29, 1.82) is 0 Å². The van der Waals surface area contributed by atoms with E-state index in [9.17, 15) is 4.79 Å². The molecule has 0 atom stereocenters. The molecule has 0 saturated heterocycles. The summed E-state index contributed by atoms with van der Waals surface area (Å²) in [7, 11) is 0. The zero-order chi connectivity index (χ0) is 15.2. The summed E-state index contributed by atoms with van der Waals surface area (Å²) < 4.78 is 1.04. The standard InChI is InChI=1S/C18H21BrN2O/c19-16-3-1-12(2-4-16)11-20-21-17(22)18-8-13-5-14(9-18)7-15(6-13)10-18/h1-4,11,13-15H,5-10H2,(H,21,22)/b20-11-. The Hall–Kier alpha value is -1.16. The largest absolute Gasteiger partial charge is 0.273 e. The van der Waals surface area contributed by atoms with Crippen LogP contribution in [-0.2, 0) is 4.79 Å². The van der Waals surface area contributed by atoms with Gasteiger partial charge in [-0.3, -0.25) is 4.79 Å². The lowest BCUT2D eigenvalue weighted by Gasteiger charge is -2.55. The van der Waals surface area contributed by atoms with Gasteiger partial charge in [-0.05, 0) is 74.0 Å². The van der Waals surface area contributed by atoms with Crippen LogP contribution in [0.1, 0.15) is 44.1 Å². The number of benzene rings is 1. The molecule has 1 aromatic rings. The van der Waals surface area contributed by atoms with Gasteiger partial charge in [0.25, 0.3) is 0 Å². The van der Waals surface area contributed by atoms with Crippen molar-refractivity contribution >= 4 is 28.1 Å². The first-order valence-electron chi connectivity index (χ1n) is 8.22. The van der Waals surface area contributed by atoms with E-state index in [0.717, 1.165) is 47.1 Å². The highest BCUT2D eigenvalue weighted by Gasteiger charge is 2.54. The van der Waals surface area contributed by atoms with Crippen molar-refractivity contribution in [2.45, 2.75) is 38.5 Å². The van der Waals surface area contributed by atoms with Crippen LogP contribution in [-0.4, -0.2) is 12.1 Å². The number of nitrogens with zero attached hydrogens (tertiary/aromatic N) is 1. The summed E-state index contributed by atoms with van der Waals surface area (Å²) >= 11 is 3.41. The third-order valence-corrected chi connectivity index (χ3v) is 6.30. The molecule has 4 heteroatoms. The van der Waals surface area contributed by atoms with Crippen molar-refractivity contribution in [3.05, 3.63) is 34.3 Å². The number of nitrogens with one attached hydrogen (secondary N) is 1. The predicted molar refractivity (Wildman–Crippen MR) is 90.5 cm³/mol. The van der Waals surface area contributed by atoms with E-state index in [0.29, 0.717) is 0 Å². The molecular weight excluding hydrogens is 340 g/mol. The lowest BCUT2D eigenvalue weighted by Crippen LogP contribution is -2.52. The molecule has 4 aliphatic rings. The number of hydrogen-bond donors (Lipinski definition) is 1. The molecule has 1 N–H and O–H groups in total.